The predicted molar refractivity (Wildman–Crippen MR) is 120 cm³/mol. The SMILES string of the molecule is CCSP1(F)=NP(SCC)(SCC)=NP(SCC)(SCC)=N1. The highest BCUT2D eigenvalue weighted by molar-refractivity contribution is 8.96. The van der Waals surface area contributed by atoms with Crippen LogP contribution in [0, 0.1) is 0 Å². The van der Waals surface area contributed by atoms with Crippen LogP contribution in [-0.2, 0) is 0 Å². The molecule has 0 aromatic carbocycles. The van der Waals surface area contributed by atoms with Gasteiger partial charge in [0.25, 0.3) is 0 Å². The molecule has 0 amide bonds. The van der Waals surface area contributed by atoms with E-state index in [4.69, 9.17) is 4.52 Å². The molecule has 0 saturated carbocycles. The number of halogens is 1. The Morgan fingerprint density at radius 3 is 1.32 bits per heavy atom. The molecule has 0 saturated heterocycles. The van der Waals surface area contributed by atoms with E-state index in [1.54, 1.807) is 45.5 Å². The highest BCUT2D eigenvalue weighted by atomic mass is 33.1. The molecule has 132 valence electrons. The lowest BCUT2D eigenvalue weighted by Crippen LogP contribution is -1.82. The fraction of sp³-hybridized carbons (Fsp3) is 1.00. The molecule has 3 nitrogen and oxygen atoms in total. The van der Waals surface area contributed by atoms with Crippen LogP contribution in [0.3, 0.4) is 0 Å². The van der Waals surface area contributed by atoms with Crippen molar-refractivity contribution in [3.8, 4) is 0 Å². The Labute approximate surface area is 155 Å². The first-order valence-corrected chi connectivity index (χ1v) is 20.2. The summed E-state index contributed by atoms with van der Waals surface area (Å²) in [5.41, 5.74) is -4.14. The summed E-state index contributed by atoms with van der Waals surface area (Å²) in [6.45, 7) is 7.32. The number of hydrogen-bond acceptors (Lipinski definition) is 8. The molecular weight excluding hydrogens is 434 g/mol. The molecule has 1 rings (SSSR count). The van der Waals surface area contributed by atoms with Gasteiger partial charge in [0.2, 0.25) is 0 Å². The largest absolute Gasteiger partial charge is 0.303 e. The van der Waals surface area contributed by atoms with Crippen LogP contribution >= 0.6 is 74.8 Å². The highest BCUT2D eigenvalue weighted by Crippen LogP contribution is 2.94. The van der Waals surface area contributed by atoms with Gasteiger partial charge >= 0.3 is 6.72 Å². The van der Waals surface area contributed by atoms with Crippen molar-refractivity contribution in [3.05, 3.63) is 0 Å². The molecule has 0 spiro atoms. The van der Waals surface area contributed by atoms with Gasteiger partial charge in [-0.1, -0.05) is 91.5 Å². The third-order valence-corrected chi connectivity index (χ3v) is 29.8. The van der Waals surface area contributed by atoms with Crippen molar-refractivity contribution in [1.29, 1.82) is 0 Å². The van der Waals surface area contributed by atoms with Crippen LogP contribution in [0.25, 0.3) is 0 Å². The van der Waals surface area contributed by atoms with E-state index in [2.05, 4.69) is 36.7 Å². The molecule has 0 radical (unpaired) electrons. The smallest absolute Gasteiger partial charge is 0.202 e. The molecule has 0 fully saturated rings. The molecule has 22 heavy (non-hydrogen) atoms. The first-order valence-electron chi connectivity index (χ1n) is 7.26. The van der Waals surface area contributed by atoms with Crippen LogP contribution < -0.4 is 0 Å². The molecule has 1 unspecified atom stereocenters. The molecule has 0 aromatic rings. The van der Waals surface area contributed by atoms with Crippen molar-refractivity contribution >= 4 is 74.8 Å². The zero-order valence-electron chi connectivity index (χ0n) is 13.6. The van der Waals surface area contributed by atoms with Gasteiger partial charge in [-0.05, 0) is 23.0 Å². The van der Waals surface area contributed by atoms with Crippen molar-refractivity contribution in [2.75, 3.05) is 28.8 Å². The maximum absolute atomic E-state index is 15.5. The molecule has 1 aliphatic heterocycles. The fourth-order valence-electron chi connectivity index (χ4n) is 1.65. The summed E-state index contributed by atoms with van der Waals surface area (Å²) >= 11 is 8.37. The van der Waals surface area contributed by atoms with Gasteiger partial charge in [-0.3, -0.25) is 0 Å². The minimum atomic E-state index is -3.14. The van der Waals surface area contributed by atoms with Crippen molar-refractivity contribution in [1.82, 2.24) is 0 Å². The van der Waals surface area contributed by atoms with Gasteiger partial charge < -0.3 is 0 Å². The van der Waals surface area contributed by atoms with Crippen LogP contribution in [0.5, 0.6) is 0 Å². The standard InChI is InChI=1S/C10H25FN3P3S5/c1-6-18-15(11)12-16(19-7-2,20-8-3)14-17(13-15,21-9-4)22-10-5/h6-10H2,1-5H3. The summed E-state index contributed by atoms with van der Waals surface area (Å²) in [4.78, 5) is 0. The summed E-state index contributed by atoms with van der Waals surface area (Å²) in [5, 5.41) is 0. The van der Waals surface area contributed by atoms with E-state index in [1.807, 2.05) is 6.92 Å². The molecule has 0 aliphatic carbocycles. The predicted octanol–water partition coefficient (Wildman–Crippen LogP) is 9.57. The molecular formula is C10H25FN3P3S5. The van der Waals surface area contributed by atoms with Gasteiger partial charge in [-0.15, -0.1) is 0 Å². The first-order chi connectivity index (χ1) is 10.4. The number of hydrogen-bond donors (Lipinski definition) is 0. The number of rotatable bonds is 10. The summed E-state index contributed by atoms with van der Waals surface area (Å²) in [6, 6.07) is 0. The van der Waals surface area contributed by atoms with Crippen molar-refractivity contribution in [2.45, 2.75) is 34.6 Å². The minimum absolute atomic E-state index is 0.721. The van der Waals surface area contributed by atoms with Crippen LogP contribution in [-0.4, -0.2) is 28.8 Å². The van der Waals surface area contributed by atoms with Crippen molar-refractivity contribution in [3.63, 3.8) is 0 Å². The van der Waals surface area contributed by atoms with E-state index in [9.17, 15) is 0 Å². The lowest BCUT2D eigenvalue weighted by molar-refractivity contribution is 0.899. The fourth-order valence-corrected chi connectivity index (χ4v) is 38.1. The monoisotopic (exact) mass is 459 g/mol. The second-order valence-electron chi connectivity index (χ2n) is 3.81. The van der Waals surface area contributed by atoms with Crippen LogP contribution in [0.1, 0.15) is 34.6 Å². The highest BCUT2D eigenvalue weighted by Gasteiger charge is 2.38. The molecule has 0 aromatic heterocycles. The van der Waals surface area contributed by atoms with Gasteiger partial charge in [0, 0.05) is 5.75 Å². The van der Waals surface area contributed by atoms with Crippen LogP contribution in [0.2, 0.25) is 0 Å². The van der Waals surface area contributed by atoms with Gasteiger partial charge in [-0.25, -0.2) is 4.52 Å². The van der Waals surface area contributed by atoms with E-state index in [0.717, 1.165) is 28.8 Å². The Morgan fingerprint density at radius 1 is 0.591 bits per heavy atom. The Kier molecular flexibility index (Phi) is 10.7. The zero-order chi connectivity index (χ0) is 16.7. The summed E-state index contributed by atoms with van der Waals surface area (Å²) in [7, 11) is 0. The average Bonchev–Trinajstić information content (AvgIpc) is 2.38. The van der Waals surface area contributed by atoms with Gasteiger partial charge in [0.1, 0.15) is 0 Å². The van der Waals surface area contributed by atoms with Crippen molar-refractivity contribution < 1.29 is 4.20 Å². The van der Waals surface area contributed by atoms with Gasteiger partial charge in [-0.2, -0.15) is 13.2 Å². The second-order valence-corrected chi connectivity index (χ2v) is 25.8. The first kappa shape index (κ1) is 22.4. The molecule has 1 atom stereocenters. The van der Waals surface area contributed by atoms with E-state index >= 15 is 4.20 Å². The molecule has 0 N–H and O–H groups in total. The van der Waals surface area contributed by atoms with Crippen LogP contribution in [0.4, 0.5) is 4.20 Å². The van der Waals surface area contributed by atoms with E-state index in [1.165, 1.54) is 11.4 Å². The topological polar surface area (TPSA) is 37.1 Å². The Bertz CT molecular complexity index is 492. The molecule has 12 heteroatoms. The van der Waals surface area contributed by atoms with Gasteiger partial charge in [0.15, 0.2) is 11.2 Å². The quantitative estimate of drug-likeness (QED) is 0.304. The molecule has 0 bridgehead atoms. The molecule has 1 aliphatic rings. The third kappa shape index (κ3) is 6.27. The minimum Gasteiger partial charge on any atom is -0.202 e. The number of nitrogens with zero attached hydrogens (tertiary/aromatic N) is 3. The average molecular weight is 460 g/mol. The van der Waals surface area contributed by atoms with E-state index in [-0.39, 0.29) is 0 Å². The lowest BCUT2D eigenvalue weighted by Gasteiger charge is -2.30. The maximum Gasteiger partial charge on any atom is 0.303 e. The molecule has 1 heterocycles. The summed E-state index contributed by atoms with van der Waals surface area (Å²) in [5.74, 6) is 4.44. The second kappa shape index (κ2) is 10.5. The Balaban J connectivity index is 3.56. The summed E-state index contributed by atoms with van der Waals surface area (Å²) in [6.07, 6.45) is 0. The normalized spacial score (nSPS) is 25.9. The van der Waals surface area contributed by atoms with E-state index < -0.39 is 17.9 Å². The third-order valence-electron chi connectivity index (χ3n) is 2.16. The summed E-state index contributed by atoms with van der Waals surface area (Å²) < 4.78 is 30.1. The Hall–Kier alpha value is 2.37. The van der Waals surface area contributed by atoms with Crippen molar-refractivity contribution in [2.24, 2.45) is 13.5 Å². The van der Waals surface area contributed by atoms with Gasteiger partial charge in [0.05, 0.1) is 0 Å². The lowest BCUT2D eigenvalue weighted by atomic mass is 11.0. The Morgan fingerprint density at radius 2 is 0.955 bits per heavy atom. The van der Waals surface area contributed by atoms with Crippen LogP contribution in [0.15, 0.2) is 13.5 Å². The zero-order valence-corrected chi connectivity index (χ0v) is 20.4. The maximum atomic E-state index is 15.5. The van der Waals surface area contributed by atoms with E-state index in [0.29, 0.717) is 0 Å².